The fraction of sp³-hybridized carbons (Fsp3) is 0.455. The summed E-state index contributed by atoms with van der Waals surface area (Å²) in [6.07, 6.45) is 2.12. The van der Waals surface area contributed by atoms with Crippen molar-refractivity contribution >= 4 is 17.3 Å². The Kier molecular flexibility index (Phi) is 3.91. The summed E-state index contributed by atoms with van der Waals surface area (Å²) in [4.78, 5) is 14.1. The molecule has 2 aromatic rings. The average molecular weight is 265 g/mol. The van der Waals surface area contributed by atoms with Crippen molar-refractivity contribution in [2.75, 3.05) is 11.9 Å². The minimum absolute atomic E-state index is 0.174. The third kappa shape index (κ3) is 2.97. The van der Waals surface area contributed by atoms with E-state index in [-0.39, 0.29) is 11.9 Å². The van der Waals surface area contributed by atoms with Crippen molar-refractivity contribution in [2.24, 2.45) is 0 Å². The molecule has 0 amide bonds. The van der Waals surface area contributed by atoms with Crippen molar-refractivity contribution in [3.63, 3.8) is 0 Å². The van der Waals surface area contributed by atoms with Crippen molar-refractivity contribution in [1.29, 1.82) is 0 Å². The van der Waals surface area contributed by atoms with Gasteiger partial charge in [0.1, 0.15) is 6.20 Å². The Morgan fingerprint density at radius 1 is 1.58 bits per heavy atom. The lowest BCUT2D eigenvalue weighted by Crippen LogP contribution is -2.13. The Labute approximate surface area is 109 Å². The van der Waals surface area contributed by atoms with E-state index in [1.807, 2.05) is 6.92 Å². The monoisotopic (exact) mass is 265 g/mol. The number of anilines is 1. The Morgan fingerprint density at radius 3 is 3.05 bits per heavy atom. The Hall–Kier alpha value is -2.22. The van der Waals surface area contributed by atoms with Crippen LogP contribution in [0.5, 0.6) is 0 Å². The number of hydrogen-bond donors (Lipinski definition) is 2. The number of fused-ring (bicyclic) bond motifs is 1. The van der Waals surface area contributed by atoms with Crippen LogP contribution in [0.3, 0.4) is 0 Å². The summed E-state index contributed by atoms with van der Waals surface area (Å²) in [5.74, 6) is 0.337. The largest absolute Gasteiger partial charge is 0.393 e. The van der Waals surface area contributed by atoms with E-state index in [1.54, 1.807) is 12.1 Å². The summed E-state index contributed by atoms with van der Waals surface area (Å²) < 4.78 is 1.18. The van der Waals surface area contributed by atoms with Gasteiger partial charge in [-0.1, -0.05) is 16.5 Å². The van der Waals surface area contributed by atoms with Gasteiger partial charge in [0, 0.05) is 12.6 Å². The van der Waals surface area contributed by atoms with Gasteiger partial charge in [0.15, 0.2) is 5.82 Å². The Bertz CT molecular complexity index is 583. The molecule has 2 heterocycles. The number of imidazole rings is 1. The number of hydrogen-bond acceptors (Lipinski definition) is 6. The van der Waals surface area contributed by atoms with E-state index >= 15 is 0 Å². The summed E-state index contributed by atoms with van der Waals surface area (Å²) >= 11 is 0. The Morgan fingerprint density at radius 2 is 2.37 bits per heavy atom. The third-order valence-electron chi connectivity index (χ3n) is 2.79. The predicted molar refractivity (Wildman–Crippen MR) is 69.0 cm³/mol. The fourth-order valence-corrected chi connectivity index (χ4v) is 1.65. The molecule has 1 atom stereocenters. The molecule has 0 spiro atoms. The molecule has 8 nitrogen and oxygen atoms in total. The highest BCUT2D eigenvalue weighted by Gasteiger charge is 2.15. The van der Waals surface area contributed by atoms with Crippen LogP contribution in [0.25, 0.3) is 5.65 Å². The smallest absolute Gasteiger partial charge is 0.368 e. The molecule has 0 saturated heterocycles. The zero-order chi connectivity index (χ0) is 13.8. The molecule has 0 radical (unpaired) electrons. The van der Waals surface area contributed by atoms with Crippen LogP contribution in [-0.4, -0.2) is 37.3 Å². The van der Waals surface area contributed by atoms with Crippen LogP contribution >= 0.6 is 0 Å². The third-order valence-corrected chi connectivity index (χ3v) is 2.79. The second-order valence-electron chi connectivity index (χ2n) is 4.14. The first-order chi connectivity index (χ1) is 9.11. The van der Waals surface area contributed by atoms with Gasteiger partial charge in [-0.2, -0.15) is 0 Å². The van der Waals surface area contributed by atoms with Gasteiger partial charge in [0.2, 0.25) is 5.65 Å². The SMILES string of the molecule is CCC(O)CCNc1ccc2ncc([N+](=O)[O-])n2n1. The van der Waals surface area contributed by atoms with Crippen LogP contribution < -0.4 is 5.32 Å². The molecule has 19 heavy (non-hydrogen) atoms. The molecule has 102 valence electrons. The second kappa shape index (κ2) is 5.61. The number of aromatic nitrogens is 3. The number of aliphatic hydroxyl groups is 1. The molecule has 0 bridgehead atoms. The summed E-state index contributed by atoms with van der Waals surface area (Å²) in [6.45, 7) is 2.46. The molecule has 1 unspecified atom stereocenters. The summed E-state index contributed by atoms with van der Waals surface area (Å²) in [5, 5.41) is 27.3. The van der Waals surface area contributed by atoms with Crippen LogP contribution in [0.2, 0.25) is 0 Å². The van der Waals surface area contributed by atoms with Crippen molar-refractivity contribution in [3.05, 3.63) is 28.4 Å². The number of aliphatic hydroxyl groups excluding tert-OH is 1. The predicted octanol–water partition coefficient (Wildman–Crippen LogP) is 1.21. The molecule has 2 N–H and O–H groups in total. The Balaban J connectivity index is 2.12. The van der Waals surface area contributed by atoms with E-state index < -0.39 is 4.92 Å². The van der Waals surface area contributed by atoms with Crippen molar-refractivity contribution in [1.82, 2.24) is 14.6 Å². The normalized spacial score (nSPS) is 12.5. The van der Waals surface area contributed by atoms with Crippen molar-refractivity contribution < 1.29 is 10.0 Å². The second-order valence-corrected chi connectivity index (χ2v) is 4.14. The van der Waals surface area contributed by atoms with Gasteiger partial charge in [-0.15, -0.1) is 0 Å². The first-order valence-corrected chi connectivity index (χ1v) is 6.03. The average Bonchev–Trinajstić information content (AvgIpc) is 2.81. The topological polar surface area (TPSA) is 106 Å². The van der Waals surface area contributed by atoms with E-state index in [0.717, 1.165) is 0 Å². The van der Waals surface area contributed by atoms with Crippen LogP contribution in [0.15, 0.2) is 18.3 Å². The zero-order valence-corrected chi connectivity index (χ0v) is 10.5. The summed E-state index contributed by atoms with van der Waals surface area (Å²) in [7, 11) is 0. The number of nitro groups is 1. The molecule has 0 fully saturated rings. The molecule has 0 aromatic carbocycles. The molecular weight excluding hydrogens is 250 g/mol. The molecule has 0 aliphatic heterocycles. The highest BCUT2D eigenvalue weighted by molar-refractivity contribution is 5.48. The van der Waals surface area contributed by atoms with Gasteiger partial charge in [-0.05, 0) is 23.8 Å². The minimum atomic E-state index is -0.530. The maximum Gasteiger partial charge on any atom is 0.368 e. The van der Waals surface area contributed by atoms with E-state index in [1.165, 1.54) is 10.7 Å². The maximum absolute atomic E-state index is 10.8. The first-order valence-electron chi connectivity index (χ1n) is 6.03. The molecule has 8 heteroatoms. The lowest BCUT2D eigenvalue weighted by Gasteiger charge is -2.08. The fourth-order valence-electron chi connectivity index (χ4n) is 1.65. The van der Waals surface area contributed by atoms with E-state index in [0.29, 0.717) is 30.9 Å². The van der Waals surface area contributed by atoms with Crippen molar-refractivity contribution in [3.8, 4) is 0 Å². The molecule has 2 aromatic heterocycles. The highest BCUT2D eigenvalue weighted by Crippen LogP contribution is 2.14. The van der Waals surface area contributed by atoms with Gasteiger partial charge in [-0.25, -0.2) is 4.98 Å². The van der Waals surface area contributed by atoms with E-state index in [4.69, 9.17) is 0 Å². The molecule has 0 saturated carbocycles. The minimum Gasteiger partial charge on any atom is -0.393 e. The highest BCUT2D eigenvalue weighted by atomic mass is 16.6. The lowest BCUT2D eigenvalue weighted by molar-refractivity contribution is -0.391. The quantitative estimate of drug-likeness (QED) is 0.600. The van der Waals surface area contributed by atoms with Gasteiger partial charge in [-0.3, -0.25) is 0 Å². The van der Waals surface area contributed by atoms with Gasteiger partial charge >= 0.3 is 5.82 Å². The molecular formula is C11H15N5O3. The summed E-state index contributed by atoms with van der Waals surface area (Å²) in [6, 6.07) is 3.35. The van der Waals surface area contributed by atoms with Gasteiger partial charge in [0.05, 0.1) is 6.10 Å². The van der Waals surface area contributed by atoms with Crippen molar-refractivity contribution in [2.45, 2.75) is 25.9 Å². The van der Waals surface area contributed by atoms with Crippen LogP contribution in [-0.2, 0) is 0 Å². The van der Waals surface area contributed by atoms with Crippen LogP contribution in [0.4, 0.5) is 11.6 Å². The van der Waals surface area contributed by atoms with Crippen LogP contribution in [0, 0.1) is 10.1 Å². The van der Waals surface area contributed by atoms with Crippen LogP contribution in [0.1, 0.15) is 19.8 Å². The first kappa shape index (κ1) is 13.2. The standard InChI is InChI=1S/C11H15N5O3/c1-2-8(17)5-6-12-9-3-4-10-13-7-11(16(18)19)15(10)14-9/h3-4,7-8,17H,2,5-6H2,1H3,(H,12,14). The number of rotatable bonds is 6. The van der Waals surface area contributed by atoms with Gasteiger partial charge < -0.3 is 20.5 Å². The van der Waals surface area contributed by atoms with E-state index in [2.05, 4.69) is 15.4 Å². The molecule has 0 aliphatic carbocycles. The lowest BCUT2D eigenvalue weighted by atomic mass is 10.2. The number of nitrogens with one attached hydrogen (secondary N) is 1. The van der Waals surface area contributed by atoms with Gasteiger partial charge in [0.25, 0.3) is 0 Å². The summed E-state index contributed by atoms with van der Waals surface area (Å²) in [5.41, 5.74) is 0.422. The molecule has 2 rings (SSSR count). The number of nitrogens with zero attached hydrogens (tertiary/aromatic N) is 4. The molecule has 0 aliphatic rings. The maximum atomic E-state index is 10.8. The van der Waals surface area contributed by atoms with E-state index in [9.17, 15) is 15.2 Å². The zero-order valence-electron chi connectivity index (χ0n) is 10.5.